The van der Waals surface area contributed by atoms with E-state index < -0.39 is 17.3 Å². The molecule has 0 spiro atoms. The van der Waals surface area contributed by atoms with Crippen LogP contribution >= 0.6 is 0 Å². The van der Waals surface area contributed by atoms with Gasteiger partial charge in [-0.2, -0.15) is 5.10 Å². The predicted octanol–water partition coefficient (Wildman–Crippen LogP) is 7.21. The largest absolute Gasteiger partial charge is 0.438 e. The number of carbonyl (C=O) groups is 1. The fraction of sp³-hybridized carbons (Fsp3) is 0.562. The molecule has 14 nitrogen and oxygen atoms in total. The van der Waals surface area contributed by atoms with Crippen LogP contribution < -0.4 is 11.4 Å². The van der Waals surface area contributed by atoms with Crippen molar-refractivity contribution in [2.24, 2.45) is 23.2 Å². The number of aromatic nitrogens is 7. The number of amides is 1. The first-order valence-electron chi connectivity index (χ1n) is 22.9. The number of rotatable bonds is 9. The highest BCUT2D eigenvalue weighted by molar-refractivity contribution is 5.95. The van der Waals surface area contributed by atoms with Crippen LogP contribution in [0.2, 0.25) is 0 Å². The average Bonchev–Trinajstić information content (AvgIpc) is 3.77. The molecule has 5 atom stereocenters. The number of allylic oxidation sites excluding steroid dienone is 1. The molecule has 2 bridgehead atoms. The number of nitrogens with zero attached hydrogens (tertiary/aromatic N) is 7. The van der Waals surface area contributed by atoms with Gasteiger partial charge in [0.1, 0.15) is 28.4 Å². The van der Waals surface area contributed by atoms with Crippen molar-refractivity contribution in [2.45, 2.75) is 121 Å². The quantitative estimate of drug-likeness (QED) is 0.164. The lowest BCUT2D eigenvalue weighted by Crippen LogP contribution is -2.52. The van der Waals surface area contributed by atoms with Crippen LogP contribution in [0.4, 0.5) is 4.39 Å². The summed E-state index contributed by atoms with van der Waals surface area (Å²) in [5, 5.41) is 9.33. The van der Waals surface area contributed by atoms with Crippen molar-refractivity contribution in [2.75, 3.05) is 26.9 Å². The van der Waals surface area contributed by atoms with E-state index in [0.717, 1.165) is 88.0 Å². The molecule has 1 amide bonds. The van der Waals surface area contributed by atoms with Gasteiger partial charge in [-0.1, -0.05) is 18.2 Å². The summed E-state index contributed by atoms with van der Waals surface area (Å²) in [7, 11) is 1.77. The van der Waals surface area contributed by atoms with Gasteiger partial charge in [-0.3, -0.25) is 28.1 Å². The second-order valence-electron chi connectivity index (χ2n) is 20.3. The number of H-pyrrole nitrogens is 1. The highest BCUT2D eigenvalue weighted by Crippen LogP contribution is 2.57. The van der Waals surface area contributed by atoms with E-state index >= 15 is 4.79 Å². The molecular weight excluding hydrogens is 804 g/mol. The zero-order chi connectivity index (χ0) is 43.6. The summed E-state index contributed by atoms with van der Waals surface area (Å²) in [6.07, 6.45) is 17.4. The molecule has 5 fully saturated rings. The van der Waals surface area contributed by atoms with Crippen molar-refractivity contribution in [3.05, 3.63) is 104 Å². The lowest BCUT2D eigenvalue weighted by atomic mass is 9.57. The van der Waals surface area contributed by atoms with Gasteiger partial charge in [0.15, 0.2) is 5.82 Å². The van der Waals surface area contributed by atoms with Crippen LogP contribution in [0.25, 0.3) is 23.0 Å². The molecule has 332 valence electrons. The van der Waals surface area contributed by atoms with Crippen molar-refractivity contribution < 1.29 is 23.2 Å². The maximum atomic E-state index is 15.5. The average molecular weight is 861 g/mol. The molecule has 1 unspecified atom stereocenters. The normalized spacial score (nSPS) is 30.7. The van der Waals surface area contributed by atoms with Crippen LogP contribution in [-0.4, -0.2) is 76.9 Å². The van der Waals surface area contributed by atoms with E-state index in [4.69, 9.17) is 19.1 Å². The summed E-state index contributed by atoms with van der Waals surface area (Å²) < 4.78 is 38.9. The minimum Gasteiger partial charge on any atom is -0.384 e. The van der Waals surface area contributed by atoms with E-state index in [1.165, 1.54) is 12.1 Å². The molecule has 15 heteroatoms. The second kappa shape index (κ2) is 14.4. The highest BCUT2D eigenvalue weighted by atomic mass is 19.1. The number of aromatic amines is 1. The van der Waals surface area contributed by atoms with Crippen LogP contribution in [0, 0.1) is 29.0 Å². The Hall–Kier alpha value is -5.28. The SMILES string of the molecule is COCC12CCC(n3ccn(-c4c(-c5ccc(F)cc5)nn5c4[C@H](C)N(C(=O)c4cc6c(n4[C@@]4(c7noc(=O)[nH]7)C[C@@H]4C)C=CC([C@@H]4CCOC(C)(C)C4)C6)CC5)c3=O)(CC1)CC2. The number of methoxy groups -OCH3 is 1. The Labute approximate surface area is 365 Å². The Kier molecular flexibility index (Phi) is 9.23. The summed E-state index contributed by atoms with van der Waals surface area (Å²) >= 11 is 0. The van der Waals surface area contributed by atoms with Crippen LogP contribution in [0.15, 0.2) is 62.9 Å². The van der Waals surface area contributed by atoms with Gasteiger partial charge in [0.25, 0.3) is 5.91 Å². The highest BCUT2D eigenvalue weighted by Gasteiger charge is 2.60. The Morgan fingerprint density at radius 3 is 2.43 bits per heavy atom. The molecule has 1 N–H and O–H groups in total. The van der Waals surface area contributed by atoms with E-state index in [2.05, 4.69) is 53.7 Å². The molecule has 6 heterocycles. The fourth-order valence-electron chi connectivity index (χ4n) is 12.7. The summed E-state index contributed by atoms with van der Waals surface area (Å²) in [6, 6.07) is 7.77. The molecule has 1 aromatic carbocycles. The number of halogens is 1. The Bertz CT molecular complexity index is 2740. The number of nitrogens with one attached hydrogen (secondary N) is 1. The monoisotopic (exact) mass is 860 g/mol. The molecule has 0 radical (unpaired) electrons. The smallest absolute Gasteiger partial charge is 0.384 e. The van der Waals surface area contributed by atoms with Gasteiger partial charge in [-0.05, 0) is 150 Å². The van der Waals surface area contributed by atoms with Gasteiger partial charge in [0.2, 0.25) is 0 Å². The number of fused-ring (bicyclic) bond motifs is 5. The van der Waals surface area contributed by atoms with Crippen molar-refractivity contribution in [3.63, 3.8) is 0 Å². The first-order valence-corrected chi connectivity index (χ1v) is 22.9. The van der Waals surface area contributed by atoms with Crippen LogP contribution in [0.1, 0.15) is 125 Å². The van der Waals surface area contributed by atoms with E-state index in [1.54, 1.807) is 23.8 Å². The maximum absolute atomic E-state index is 15.5. The molecule has 1 saturated heterocycles. The number of benzene rings is 1. The number of hydrogen-bond acceptors (Lipinski definition) is 8. The molecular formula is C48H57FN8O6. The van der Waals surface area contributed by atoms with Gasteiger partial charge in [0, 0.05) is 49.5 Å². The molecule has 4 saturated carbocycles. The lowest BCUT2D eigenvalue weighted by Gasteiger charge is -2.53. The van der Waals surface area contributed by atoms with Gasteiger partial charge >= 0.3 is 11.4 Å². The fourth-order valence-corrected chi connectivity index (χ4v) is 12.7. The van der Waals surface area contributed by atoms with Crippen molar-refractivity contribution in [3.8, 4) is 16.9 Å². The summed E-state index contributed by atoms with van der Waals surface area (Å²) in [6.45, 7) is 10.7. The van der Waals surface area contributed by atoms with Gasteiger partial charge in [-0.25, -0.2) is 14.0 Å². The van der Waals surface area contributed by atoms with Gasteiger partial charge < -0.3 is 18.9 Å². The zero-order valence-corrected chi connectivity index (χ0v) is 36.9. The van der Waals surface area contributed by atoms with Crippen molar-refractivity contribution >= 4 is 12.0 Å². The van der Waals surface area contributed by atoms with Crippen LogP contribution in [0.3, 0.4) is 0 Å². The summed E-state index contributed by atoms with van der Waals surface area (Å²) in [4.78, 5) is 47.6. The molecule has 5 aromatic rings. The third-order valence-corrected chi connectivity index (χ3v) is 16.3. The second-order valence-corrected chi connectivity index (χ2v) is 20.3. The van der Waals surface area contributed by atoms with E-state index in [0.29, 0.717) is 53.9 Å². The minimum absolute atomic E-state index is 0.0638. The van der Waals surface area contributed by atoms with E-state index in [1.807, 2.05) is 33.5 Å². The number of ether oxygens (including phenoxy) is 2. The third kappa shape index (κ3) is 6.26. The standard InChI is InChI=1S/C48H57FN8O6/c1-29-26-48(29,42-50-43(59)63-52-42)57-36-11-8-32(33-12-23-62-45(3,4)27-33)24-34(36)25-37(57)41(58)53-20-22-56-39(30(53)2)40(38(51-56)31-6-9-35(49)10-7-31)54-19-21-55(44(54)60)47-16-13-46(14-17-47,15-18-47)28-61-5/h6-11,19,21,25,29-30,32-33H,12-18,20,22-24,26-28H2,1-5H3,(H,50,52,59)/t29-,30-,32?,33+,46?,47?,48-/m0/s1. The molecule has 2 aliphatic heterocycles. The molecule has 4 aromatic heterocycles. The number of carbonyl (C=O) groups excluding carboxylic acids is 1. The summed E-state index contributed by atoms with van der Waals surface area (Å²) in [5.74, 6) is 0.0468. The van der Waals surface area contributed by atoms with Crippen molar-refractivity contribution in [1.29, 1.82) is 0 Å². The molecule has 63 heavy (non-hydrogen) atoms. The van der Waals surface area contributed by atoms with Gasteiger partial charge in [-0.15, -0.1) is 0 Å². The third-order valence-electron chi connectivity index (χ3n) is 16.3. The van der Waals surface area contributed by atoms with Crippen LogP contribution in [0.5, 0.6) is 0 Å². The maximum Gasteiger partial charge on any atom is 0.438 e. The number of hydrogen-bond donors (Lipinski definition) is 1. The topological polar surface area (TPSA) is 147 Å². The van der Waals surface area contributed by atoms with E-state index in [9.17, 15) is 14.0 Å². The number of imidazole rings is 1. The Morgan fingerprint density at radius 2 is 1.76 bits per heavy atom. The van der Waals surface area contributed by atoms with Gasteiger partial charge in [0.05, 0.1) is 30.5 Å². The van der Waals surface area contributed by atoms with Crippen molar-refractivity contribution in [1.82, 2.24) is 38.5 Å². The molecule has 12 rings (SSSR count). The van der Waals surface area contributed by atoms with E-state index in [-0.39, 0.29) is 45.8 Å². The molecule has 7 aliphatic rings. The Morgan fingerprint density at radius 1 is 1.02 bits per heavy atom. The minimum atomic E-state index is -0.776. The molecule has 5 aliphatic carbocycles. The first-order chi connectivity index (χ1) is 30.3. The zero-order valence-electron chi connectivity index (χ0n) is 36.9. The first kappa shape index (κ1) is 40.5. The Balaban J connectivity index is 0.997. The lowest BCUT2D eigenvalue weighted by molar-refractivity contribution is -0.0791. The summed E-state index contributed by atoms with van der Waals surface area (Å²) in [5.41, 5.74) is 3.90. The predicted molar refractivity (Wildman–Crippen MR) is 232 cm³/mol. The van der Waals surface area contributed by atoms with Crippen LogP contribution in [-0.2, 0) is 33.5 Å².